The van der Waals surface area contributed by atoms with Crippen molar-refractivity contribution < 1.29 is 12.8 Å². The van der Waals surface area contributed by atoms with Gasteiger partial charge in [0.05, 0.1) is 16.5 Å². The van der Waals surface area contributed by atoms with E-state index in [4.69, 9.17) is 5.73 Å². The van der Waals surface area contributed by atoms with E-state index in [1.807, 2.05) is 30.3 Å². The van der Waals surface area contributed by atoms with Crippen LogP contribution in [-0.4, -0.2) is 36.5 Å². The summed E-state index contributed by atoms with van der Waals surface area (Å²) in [6.07, 6.45) is 0.560. The molecular formula is C19H19FN4O2S2. The van der Waals surface area contributed by atoms with Gasteiger partial charge in [0, 0.05) is 30.0 Å². The second-order valence-corrected chi connectivity index (χ2v) is 10.2. The van der Waals surface area contributed by atoms with E-state index in [9.17, 15) is 12.8 Å². The Labute approximate surface area is 167 Å². The molecule has 0 saturated heterocycles. The number of hydrogen-bond donors (Lipinski definition) is 1. The molecule has 0 amide bonds. The lowest BCUT2D eigenvalue weighted by Crippen LogP contribution is -2.50. The minimum absolute atomic E-state index is 0.148. The van der Waals surface area contributed by atoms with Gasteiger partial charge in [0.25, 0.3) is 0 Å². The molecule has 0 unspecified atom stereocenters. The number of hydrogen-bond acceptors (Lipinski definition) is 6. The Kier molecular flexibility index (Phi) is 4.46. The molecule has 2 heterocycles. The summed E-state index contributed by atoms with van der Waals surface area (Å²) in [5.74, 6) is -1.03. The molecule has 9 heteroatoms. The first-order valence-corrected chi connectivity index (χ1v) is 11.1. The van der Waals surface area contributed by atoms with E-state index in [1.54, 1.807) is 13.0 Å². The number of thioether (sulfide) groups is 1. The van der Waals surface area contributed by atoms with Crippen LogP contribution in [0.25, 0.3) is 0 Å². The third-order valence-corrected chi connectivity index (χ3v) is 7.81. The maximum absolute atomic E-state index is 14.9. The van der Waals surface area contributed by atoms with Gasteiger partial charge in [-0.25, -0.2) is 27.1 Å². The first-order valence-electron chi connectivity index (χ1n) is 8.63. The highest BCUT2D eigenvalue weighted by molar-refractivity contribution is 8.14. The van der Waals surface area contributed by atoms with Gasteiger partial charge in [-0.3, -0.25) is 0 Å². The summed E-state index contributed by atoms with van der Waals surface area (Å²) in [6.45, 7) is 1.59. The number of sulfonamides is 1. The minimum atomic E-state index is -3.67. The van der Waals surface area contributed by atoms with Crippen molar-refractivity contribution in [1.82, 2.24) is 4.31 Å². The van der Waals surface area contributed by atoms with Gasteiger partial charge < -0.3 is 5.73 Å². The first kappa shape index (κ1) is 18.9. The van der Waals surface area contributed by atoms with Gasteiger partial charge in [-0.1, -0.05) is 30.0 Å². The zero-order valence-corrected chi connectivity index (χ0v) is 17.0. The molecule has 0 saturated carbocycles. The molecule has 28 heavy (non-hydrogen) atoms. The van der Waals surface area contributed by atoms with Crippen molar-refractivity contribution in [2.45, 2.75) is 23.8 Å². The predicted octanol–water partition coefficient (Wildman–Crippen LogP) is 3.01. The number of guanidine groups is 1. The molecule has 0 radical (unpaired) electrons. The van der Waals surface area contributed by atoms with Crippen LogP contribution in [-0.2, 0) is 22.0 Å². The summed E-state index contributed by atoms with van der Waals surface area (Å²) < 4.78 is 40.6. The van der Waals surface area contributed by atoms with Crippen LogP contribution in [0.15, 0.2) is 57.3 Å². The molecule has 146 valence electrons. The number of nitrogens with two attached hydrogens (primary N) is 1. The lowest BCUT2D eigenvalue weighted by Gasteiger charge is -2.34. The highest BCUT2D eigenvalue weighted by Gasteiger charge is 2.42. The molecule has 6 nitrogen and oxygen atoms in total. The van der Waals surface area contributed by atoms with Crippen molar-refractivity contribution in [2.75, 3.05) is 12.8 Å². The SMILES string of the molecule is CN1C(N)=N[C@](C)(c2cc3c(cc2F)N=C(Sc2ccccc2)C3)CS1(=O)=O. The summed E-state index contributed by atoms with van der Waals surface area (Å²) in [5, 5.41) is 0.863. The van der Waals surface area contributed by atoms with Crippen molar-refractivity contribution in [3.63, 3.8) is 0 Å². The smallest absolute Gasteiger partial charge is 0.239 e. The molecule has 2 aromatic rings. The average Bonchev–Trinajstić information content (AvgIpc) is 3.00. The number of nitrogens with zero attached hydrogens (tertiary/aromatic N) is 3. The van der Waals surface area contributed by atoms with E-state index >= 15 is 0 Å². The molecular weight excluding hydrogens is 399 g/mol. The second kappa shape index (κ2) is 6.59. The van der Waals surface area contributed by atoms with Gasteiger partial charge >= 0.3 is 0 Å². The van der Waals surface area contributed by atoms with Gasteiger partial charge in [0.15, 0.2) is 0 Å². The standard InChI is InChI=1S/C19H19FN4O2S2/c1-19(11-28(25,26)24(2)18(21)23-19)14-8-12-9-17(22-16(12)10-15(14)20)27-13-6-4-3-5-7-13/h3-8,10H,9,11H2,1-2H3,(H2,21,23)/t19-/m0/s1. The summed E-state index contributed by atoms with van der Waals surface area (Å²) in [7, 11) is -2.33. The number of aliphatic imine (C=N–C) groups is 2. The van der Waals surface area contributed by atoms with Crippen LogP contribution in [0, 0.1) is 5.82 Å². The summed E-state index contributed by atoms with van der Waals surface area (Å²) in [5.41, 5.74) is 6.13. The van der Waals surface area contributed by atoms with Crippen molar-refractivity contribution in [3.8, 4) is 0 Å². The summed E-state index contributed by atoms with van der Waals surface area (Å²) in [4.78, 5) is 9.87. The predicted molar refractivity (Wildman–Crippen MR) is 110 cm³/mol. The largest absolute Gasteiger partial charge is 0.369 e. The van der Waals surface area contributed by atoms with E-state index in [0.717, 1.165) is 19.8 Å². The number of rotatable bonds is 2. The fraction of sp³-hybridized carbons (Fsp3) is 0.263. The van der Waals surface area contributed by atoms with Crippen molar-refractivity contribution >= 4 is 38.5 Å². The Morgan fingerprint density at radius 3 is 2.64 bits per heavy atom. The van der Waals surface area contributed by atoms with E-state index in [2.05, 4.69) is 9.98 Å². The van der Waals surface area contributed by atoms with Crippen LogP contribution in [0.4, 0.5) is 10.1 Å². The minimum Gasteiger partial charge on any atom is -0.369 e. The summed E-state index contributed by atoms with van der Waals surface area (Å²) >= 11 is 1.53. The topological polar surface area (TPSA) is 88.1 Å². The number of halogens is 1. The van der Waals surface area contributed by atoms with E-state index in [-0.39, 0.29) is 17.3 Å². The monoisotopic (exact) mass is 418 g/mol. The summed E-state index contributed by atoms with van der Waals surface area (Å²) in [6, 6.07) is 12.8. The Balaban J connectivity index is 1.67. The third kappa shape index (κ3) is 3.29. The molecule has 2 N–H and O–H groups in total. The Morgan fingerprint density at radius 1 is 1.25 bits per heavy atom. The zero-order valence-electron chi connectivity index (χ0n) is 15.4. The van der Waals surface area contributed by atoms with Crippen LogP contribution in [0.2, 0.25) is 0 Å². The maximum atomic E-state index is 14.9. The molecule has 2 aromatic carbocycles. The molecule has 2 aliphatic heterocycles. The molecule has 0 bridgehead atoms. The Morgan fingerprint density at radius 2 is 1.96 bits per heavy atom. The fourth-order valence-corrected chi connectivity index (χ4v) is 5.76. The van der Waals surface area contributed by atoms with Gasteiger partial charge in [-0.15, -0.1) is 0 Å². The van der Waals surface area contributed by atoms with Crippen LogP contribution >= 0.6 is 11.8 Å². The highest BCUT2D eigenvalue weighted by atomic mass is 32.2. The Bertz CT molecular complexity index is 1120. The molecule has 0 aliphatic carbocycles. The van der Waals surface area contributed by atoms with Crippen molar-refractivity contribution in [2.24, 2.45) is 15.7 Å². The fourth-order valence-electron chi connectivity index (χ4n) is 3.37. The number of fused-ring (bicyclic) bond motifs is 1. The quantitative estimate of drug-likeness (QED) is 0.812. The molecule has 0 aromatic heterocycles. The third-order valence-electron chi connectivity index (χ3n) is 4.88. The molecule has 0 spiro atoms. The van der Waals surface area contributed by atoms with Gasteiger partial charge in [-0.05, 0) is 30.7 Å². The van der Waals surface area contributed by atoms with E-state index < -0.39 is 21.4 Å². The van der Waals surface area contributed by atoms with Crippen LogP contribution in [0.1, 0.15) is 18.1 Å². The Hall–Kier alpha value is -2.39. The van der Waals surface area contributed by atoms with Gasteiger partial charge in [0.1, 0.15) is 11.4 Å². The molecule has 2 aliphatic rings. The molecule has 0 fully saturated rings. The van der Waals surface area contributed by atoms with Gasteiger partial charge in [-0.2, -0.15) is 0 Å². The average molecular weight is 419 g/mol. The van der Waals surface area contributed by atoms with Crippen molar-refractivity contribution in [3.05, 3.63) is 59.4 Å². The van der Waals surface area contributed by atoms with Gasteiger partial charge in [0.2, 0.25) is 16.0 Å². The van der Waals surface area contributed by atoms with E-state index in [1.165, 1.54) is 24.9 Å². The van der Waals surface area contributed by atoms with Crippen LogP contribution in [0.3, 0.4) is 0 Å². The lowest BCUT2D eigenvalue weighted by atomic mass is 9.91. The highest BCUT2D eigenvalue weighted by Crippen LogP contribution is 2.40. The first-order chi connectivity index (χ1) is 13.2. The van der Waals surface area contributed by atoms with E-state index in [0.29, 0.717) is 12.1 Å². The van der Waals surface area contributed by atoms with Crippen LogP contribution < -0.4 is 5.73 Å². The molecule has 4 rings (SSSR count). The lowest BCUT2D eigenvalue weighted by molar-refractivity contribution is 0.458. The second-order valence-electron chi connectivity index (χ2n) is 7.03. The number of benzene rings is 2. The van der Waals surface area contributed by atoms with Crippen LogP contribution in [0.5, 0.6) is 0 Å². The molecule has 1 atom stereocenters. The normalized spacial score (nSPS) is 23.2. The van der Waals surface area contributed by atoms with Crippen molar-refractivity contribution in [1.29, 1.82) is 0 Å². The maximum Gasteiger partial charge on any atom is 0.239 e. The zero-order chi connectivity index (χ0) is 20.1.